The van der Waals surface area contributed by atoms with Crippen LogP contribution in [-0.2, 0) is 9.59 Å². The normalized spacial score (nSPS) is 13.1. The fourth-order valence-corrected chi connectivity index (χ4v) is 1.65. The summed E-state index contributed by atoms with van der Waals surface area (Å²) in [4.78, 5) is 39.3. The standard InChI is InChI=1S/C12H13N5O3.ClH/c13-16-9-2-1-8(7-15-9)12(20)14-5-6-17-10(18)3-4-11(17)19;/h1-4,7H,5-6,13H2,(H,14,20)(H,15,16);1H. The molecule has 0 atom stereocenters. The van der Waals surface area contributed by atoms with Crippen molar-refractivity contribution in [3.63, 3.8) is 0 Å². The Balaban J connectivity index is 0.00000220. The van der Waals surface area contributed by atoms with Gasteiger partial charge in [0.2, 0.25) is 0 Å². The number of carbonyl (C=O) groups is 3. The van der Waals surface area contributed by atoms with Crippen LogP contribution in [0, 0.1) is 0 Å². The highest BCUT2D eigenvalue weighted by atomic mass is 35.5. The Labute approximate surface area is 126 Å². The number of nitrogens with zero attached hydrogens (tertiary/aromatic N) is 2. The third-order valence-electron chi connectivity index (χ3n) is 2.70. The van der Waals surface area contributed by atoms with Crippen LogP contribution in [0.15, 0.2) is 30.5 Å². The number of amides is 3. The maximum atomic E-state index is 11.8. The molecule has 0 fully saturated rings. The zero-order valence-electron chi connectivity index (χ0n) is 10.9. The molecule has 0 saturated carbocycles. The number of nitrogens with one attached hydrogen (secondary N) is 2. The lowest BCUT2D eigenvalue weighted by molar-refractivity contribution is -0.136. The number of hydrogen-bond donors (Lipinski definition) is 3. The van der Waals surface area contributed by atoms with E-state index in [2.05, 4.69) is 15.7 Å². The molecule has 2 rings (SSSR count). The minimum atomic E-state index is -0.371. The van der Waals surface area contributed by atoms with Gasteiger partial charge in [-0.25, -0.2) is 10.8 Å². The number of hydrogen-bond acceptors (Lipinski definition) is 6. The van der Waals surface area contributed by atoms with E-state index in [-0.39, 0.29) is 43.2 Å². The summed E-state index contributed by atoms with van der Waals surface area (Å²) in [6.45, 7) is 0.307. The van der Waals surface area contributed by atoms with Gasteiger partial charge >= 0.3 is 0 Å². The van der Waals surface area contributed by atoms with E-state index in [0.29, 0.717) is 11.4 Å². The van der Waals surface area contributed by atoms with E-state index in [1.54, 1.807) is 12.1 Å². The highest BCUT2D eigenvalue weighted by Crippen LogP contribution is 2.04. The Kier molecular flexibility index (Phi) is 5.82. The molecular weight excluding hydrogens is 298 g/mol. The minimum absolute atomic E-state index is 0. The molecule has 1 aliphatic heterocycles. The van der Waals surface area contributed by atoms with Crippen molar-refractivity contribution in [3.05, 3.63) is 36.0 Å². The fourth-order valence-electron chi connectivity index (χ4n) is 1.65. The Morgan fingerprint density at radius 1 is 1.24 bits per heavy atom. The predicted octanol–water partition coefficient (Wildman–Crippen LogP) is -0.556. The first-order chi connectivity index (χ1) is 9.61. The first kappa shape index (κ1) is 16.6. The predicted molar refractivity (Wildman–Crippen MR) is 77.5 cm³/mol. The molecule has 0 bridgehead atoms. The van der Waals surface area contributed by atoms with Crippen LogP contribution in [0.3, 0.4) is 0 Å². The summed E-state index contributed by atoms with van der Waals surface area (Å²) >= 11 is 0. The molecule has 0 aliphatic carbocycles. The van der Waals surface area contributed by atoms with Gasteiger partial charge in [-0.05, 0) is 12.1 Å². The molecule has 0 radical (unpaired) electrons. The van der Waals surface area contributed by atoms with Crippen molar-refractivity contribution in [2.24, 2.45) is 5.84 Å². The number of aromatic nitrogens is 1. The van der Waals surface area contributed by atoms with Gasteiger partial charge in [-0.2, -0.15) is 0 Å². The van der Waals surface area contributed by atoms with Crippen LogP contribution in [0.4, 0.5) is 5.82 Å². The number of nitrogen functional groups attached to an aromatic ring is 1. The second-order valence-corrected chi connectivity index (χ2v) is 3.99. The fraction of sp³-hybridized carbons (Fsp3) is 0.167. The van der Waals surface area contributed by atoms with Gasteiger partial charge in [-0.3, -0.25) is 19.3 Å². The molecule has 0 saturated heterocycles. The van der Waals surface area contributed by atoms with E-state index in [9.17, 15) is 14.4 Å². The maximum absolute atomic E-state index is 11.8. The maximum Gasteiger partial charge on any atom is 0.253 e. The summed E-state index contributed by atoms with van der Waals surface area (Å²) in [7, 11) is 0. The molecule has 1 aliphatic rings. The van der Waals surface area contributed by atoms with Crippen molar-refractivity contribution in [1.29, 1.82) is 0 Å². The lowest BCUT2D eigenvalue weighted by Gasteiger charge is -2.13. The van der Waals surface area contributed by atoms with Crippen molar-refractivity contribution in [2.75, 3.05) is 18.5 Å². The van der Waals surface area contributed by atoms with Gasteiger partial charge in [-0.15, -0.1) is 12.4 Å². The second-order valence-electron chi connectivity index (χ2n) is 3.99. The quantitative estimate of drug-likeness (QED) is 0.381. The SMILES string of the molecule is Cl.NNc1ccc(C(=O)NCCN2C(=O)C=CC2=O)cn1. The molecule has 2 heterocycles. The molecule has 1 aromatic rings. The van der Waals surface area contributed by atoms with Crippen molar-refractivity contribution in [3.8, 4) is 0 Å². The van der Waals surface area contributed by atoms with Crippen LogP contribution in [0.2, 0.25) is 0 Å². The largest absolute Gasteiger partial charge is 0.350 e. The summed E-state index contributed by atoms with van der Waals surface area (Å²) in [6.07, 6.45) is 3.78. The van der Waals surface area contributed by atoms with Crippen molar-refractivity contribution >= 4 is 35.9 Å². The van der Waals surface area contributed by atoms with Gasteiger partial charge in [0.1, 0.15) is 5.82 Å². The van der Waals surface area contributed by atoms with Gasteiger partial charge < -0.3 is 10.7 Å². The molecule has 4 N–H and O–H groups in total. The lowest BCUT2D eigenvalue weighted by Crippen LogP contribution is -2.38. The zero-order valence-corrected chi connectivity index (χ0v) is 11.7. The van der Waals surface area contributed by atoms with Gasteiger partial charge in [0.05, 0.1) is 5.56 Å². The monoisotopic (exact) mass is 311 g/mol. The van der Waals surface area contributed by atoms with E-state index >= 15 is 0 Å². The van der Waals surface area contributed by atoms with Gasteiger partial charge in [0.25, 0.3) is 17.7 Å². The van der Waals surface area contributed by atoms with E-state index in [1.165, 1.54) is 18.3 Å². The number of pyridine rings is 1. The summed E-state index contributed by atoms with van der Waals surface area (Å²) in [5.41, 5.74) is 2.71. The number of rotatable bonds is 5. The topological polar surface area (TPSA) is 117 Å². The smallest absolute Gasteiger partial charge is 0.253 e. The number of anilines is 1. The summed E-state index contributed by atoms with van der Waals surface area (Å²) in [5, 5.41) is 2.60. The number of imide groups is 1. The third-order valence-corrected chi connectivity index (χ3v) is 2.70. The highest BCUT2D eigenvalue weighted by molar-refractivity contribution is 6.12. The second kappa shape index (κ2) is 7.36. The van der Waals surface area contributed by atoms with Crippen LogP contribution in [-0.4, -0.2) is 40.7 Å². The van der Waals surface area contributed by atoms with Gasteiger partial charge in [0.15, 0.2) is 0 Å². The van der Waals surface area contributed by atoms with E-state index in [0.717, 1.165) is 4.90 Å². The number of nitrogens with two attached hydrogens (primary N) is 1. The molecule has 9 heteroatoms. The number of carbonyl (C=O) groups excluding carboxylic acids is 3. The first-order valence-electron chi connectivity index (χ1n) is 5.86. The lowest BCUT2D eigenvalue weighted by atomic mass is 10.2. The summed E-state index contributed by atoms with van der Waals surface area (Å²) in [5.74, 6) is 4.53. The molecule has 0 unspecified atom stereocenters. The minimum Gasteiger partial charge on any atom is -0.350 e. The van der Waals surface area contributed by atoms with Gasteiger partial charge in [-0.1, -0.05) is 0 Å². The van der Waals surface area contributed by atoms with Crippen LogP contribution < -0.4 is 16.6 Å². The third kappa shape index (κ3) is 4.01. The number of hydrazine groups is 1. The van der Waals surface area contributed by atoms with Crippen molar-refractivity contribution in [2.45, 2.75) is 0 Å². The van der Waals surface area contributed by atoms with Gasteiger partial charge in [0, 0.05) is 31.4 Å². The van der Waals surface area contributed by atoms with Crippen LogP contribution >= 0.6 is 12.4 Å². The number of halogens is 1. The van der Waals surface area contributed by atoms with Crippen molar-refractivity contribution in [1.82, 2.24) is 15.2 Å². The Bertz CT molecular complexity index is 555. The summed E-state index contributed by atoms with van der Waals surface area (Å²) < 4.78 is 0. The molecule has 1 aromatic heterocycles. The summed E-state index contributed by atoms with van der Waals surface area (Å²) in [6, 6.07) is 3.12. The Hall–Kier alpha value is -2.45. The Morgan fingerprint density at radius 3 is 2.43 bits per heavy atom. The average molecular weight is 312 g/mol. The molecule has 0 spiro atoms. The van der Waals surface area contributed by atoms with E-state index in [1.807, 2.05) is 0 Å². The van der Waals surface area contributed by atoms with E-state index < -0.39 is 0 Å². The molecule has 8 nitrogen and oxygen atoms in total. The molecule has 3 amide bonds. The molecule has 0 aromatic carbocycles. The first-order valence-corrected chi connectivity index (χ1v) is 5.86. The van der Waals surface area contributed by atoms with Crippen LogP contribution in [0.5, 0.6) is 0 Å². The average Bonchev–Trinajstić information content (AvgIpc) is 2.79. The molecule has 21 heavy (non-hydrogen) atoms. The highest BCUT2D eigenvalue weighted by Gasteiger charge is 2.22. The molecular formula is C12H14ClN5O3. The molecule has 112 valence electrons. The Morgan fingerprint density at radius 2 is 1.90 bits per heavy atom. The van der Waals surface area contributed by atoms with Crippen molar-refractivity contribution < 1.29 is 14.4 Å². The zero-order chi connectivity index (χ0) is 14.5. The van der Waals surface area contributed by atoms with Crippen LogP contribution in [0.25, 0.3) is 0 Å². The van der Waals surface area contributed by atoms with E-state index in [4.69, 9.17) is 5.84 Å². The van der Waals surface area contributed by atoms with Crippen LogP contribution in [0.1, 0.15) is 10.4 Å².